The molecule has 2 N–H and O–H groups in total. The van der Waals surface area contributed by atoms with Gasteiger partial charge in [0.1, 0.15) is 5.75 Å². The number of hydrogen-bond donors (Lipinski definition) is 1. The zero-order valence-electron chi connectivity index (χ0n) is 18.0. The van der Waals surface area contributed by atoms with Crippen LogP contribution in [0.1, 0.15) is 15.9 Å². The van der Waals surface area contributed by atoms with Gasteiger partial charge in [0.25, 0.3) is 11.8 Å². The van der Waals surface area contributed by atoms with Crippen LogP contribution in [-0.4, -0.2) is 49.1 Å². The maximum atomic E-state index is 13.2. The minimum atomic E-state index is -1.30. The molecule has 6 nitrogen and oxygen atoms in total. The Kier molecular flexibility index (Phi) is 6.23. The van der Waals surface area contributed by atoms with Crippen LogP contribution < -0.4 is 10.5 Å². The Labute approximate surface area is 187 Å². The smallest absolute Gasteiger partial charge is 0.257 e. The average molecular weight is 431 g/mol. The van der Waals surface area contributed by atoms with E-state index in [9.17, 15) is 9.59 Å². The van der Waals surface area contributed by atoms with Crippen molar-refractivity contribution in [3.63, 3.8) is 0 Å². The summed E-state index contributed by atoms with van der Waals surface area (Å²) in [4.78, 5) is 27.4. The predicted octanol–water partition coefficient (Wildman–Crippen LogP) is 3.30. The summed E-state index contributed by atoms with van der Waals surface area (Å²) in [6.45, 7) is 0.674. The second-order valence-electron chi connectivity index (χ2n) is 7.88. The van der Waals surface area contributed by atoms with Crippen LogP contribution in [0.5, 0.6) is 5.75 Å². The molecule has 3 aromatic rings. The van der Waals surface area contributed by atoms with Crippen LogP contribution >= 0.6 is 0 Å². The number of morpholine rings is 1. The molecular formula is C26H26N2O4. The van der Waals surface area contributed by atoms with E-state index in [4.69, 9.17) is 15.2 Å². The fraction of sp³-hybridized carbons (Fsp3) is 0.231. The molecule has 0 aliphatic carbocycles. The monoisotopic (exact) mass is 430 g/mol. The summed E-state index contributed by atoms with van der Waals surface area (Å²) in [6.07, 6.45) is 0.276. The number of para-hydroxylation sites is 1. The van der Waals surface area contributed by atoms with Gasteiger partial charge in [0, 0.05) is 13.0 Å². The lowest BCUT2D eigenvalue weighted by molar-refractivity contribution is -0.153. The standard InChI is InChI=1S/C26H26N2O4/c1-31-23-13-6-5-12-22(23)24(29)28-14-15-32-26(18-28,25(27)30)17-19-8-7-11-21(16-19)20-9-3-2-4-10-20/h2-13,16H,14-15,17-18H2,1H3,(H2,27,30). The first-order chi connectivity index (χ1) is 15.5. The molecule has 1 unspecified atom stereocenters. The number of ether oxygens (including phenoxy) is 2. The summed E-state index contributed by atoms with van der Waals surface area (Å²) in [5.74, 6) is -0.307. The zero-order valence-corrected chi connectivity index (χ0v) is 18.0. The van der Waals surface area contributed by atoms with E-state index >= 15 is 0 Å². The zero-order chi connectivity index (χ0) is 22.6. The highest BCUT2D eigenvalue weighted by Crippen LogP contribution is 2.28. The van der Waals surface area contributed by atoms with Crippen LogP contribution in [0.15, 0.2) is 78.9 Å². The number of nitrogens with zero attached hydrogens (tertiary/aromatic N) is 1. The predicted molar refractivity (Wildman–Crippen MR) is 122 cm³/mol. The van der Waals surface area contributed by atoms with Crippen LogP contribution in [-0.2, 0) is 16.0 Å². The first kappa shape index (κ1) is 21.6. The largest absolute Gasteiger partial charge is 0.496 e. The second kappa shape index (κ2) is 9.24. The van der Waals surface area contributed by atoms with E-state index in [1.54, 1.807) is 23.1 Å². The van der Waals surface area contributed by atoms with E-state index in [2.05, 4.69) is 0 Å². The molecular weight excluding hydrogens is 404 g/mol. The number of amides is 2. The number of hydrogen-bond acceptors (Lipinski definition) is 4. The summed E-state index contributed by atoms with van der Waals surface area (Å²) in [6, 6.07) is 25.0. The number of carbonyl (C=O) groups excluding carboxylic acids is 2. The van der Waals surface area contributed by atoms with Crippen molar-refractivity contribution in [2.75, 3.05) is 26.8 Å². The Morgan fingerprint density at radius 2 is 1.72 bits per heavy atom. The van der Waals surface area contributed by atoms with Crippen LogP contribution in [0.25, 0.3) is 11.1 Å². The number of methoxy groups -OCH3 is 1. The molecule has 6 heteroatoms. The summed E-state index contributed by atoms with van der Waals surface area (Å²) in [5, 5.41) is 0. The van der Waals surface area contributed by atoms with Crippen LogP contribution in [0.3, 0.4) is 0 Å². The van der Waals surface area contributed by atoms with E-state index in [1.807, 2.05) is 60.7 Å². The number of benzene rings is 3. The molecule has 1 aliphatic rings. The highest BCUT2D eigenvalue weighted by atomic mass is 16.5. The lowest BCUT2D eigenvalue weighted by Crippen LogP contribution is -2.61. The Balaban J connectivity index is 1.60. The SMILES string of the molecule is COc1ccccc1C(=O)N1CCOC(Cc2cccc(-c3ccccc3)c2)(C(N)=O)C1. The van der Waals surface area contributed by atoms with Crippen molar-refractivity contribution < 1.29 is 19.1 Å². The van der Waals surface area contributed by atoms with Crippen molar-refractivity contribution in [3.05, 3.63) is 90.0 Å². The van der Waals surface area contributed by atoms with E-state index < -0.39 is 11.5 Å². The van der Waals surface area contributed by atoms with E-state index in [0.29, 0.717) is 17.9 Å². The minimum Gasteiger partial charge on any atom is -0.496 e. The lowest BCUT2D eigenvalue weighted by atomic mass is 9.90. The fourth-order valence-corrected chi connectivity index (χ4v) is 4.11. The highest BCUT2D eigenvalue weighted by molar-refractivity contribution is 5.97. The van der Waals surface area contributed by atoms with Crippen molar-refractivity contribution in [2.24, 2.45) is 5.73 Å². The van der Waals surface area contributed by atoms with Crippen LogP contribution in [0.4, 0.5) is 0 Å². The van der Waals surface area contributed by atoms with E-state index in [-0.39, 0.29) is 25.5 Å². The van der Waals surface area contributed by atoms with E-state index in [0.717, 1.165) is 16.7 Å². The van der Waals surface area contributed by atoms with Crippen molar-refractivity contribution in [3.8, 4) is 16.9 Å². The van der Waals surface area contributed by atoms with Gasteiger partial charge in [-0.05, 0) is 28.8 Å². The van der Waals surface area contributed by atoms with Crippen molar-refractivity contribution >= 4 is 11.8 Å². The molecule has 1 saturated heterocycles. The Morgan fingerprint density at radius 1 is 1.00 bits per heavy atom. The topological polar surface area (TPSA) is 81.9 Å². The average Bonchev–Trinajstić information content (AvgIpc) is 2.84. The number of primary amides is 1. The van der Waals surface area contributed by atoms with Crippen molar-refractivity contribution in [1.29, 1.82) is 0 Å². The molecule has 1 fully saturated rings. The van der Waals surface area contributed by atoms with Crippen LogP contribution in [0, 0.1) is 0 Å². The summed E-state index contributed by atoms with van der Waals surface area (Å²) in [5.41, 5.74) is 8.01. The van der Waals surface area contributed by atoms with Crippen molar-refractivity contribution in [2.45, 2.75) is 12.0 Å². The number of nitrogens with two attached hydrogens (primary N) is 1. The van der Waals surface area contributed by atoms with Gasteiger partial charge in [-0.3, -0.25) is 9.59 Å². The quantitative estimate of drug-likeness (QED) is 0.651. The fourth-order valence-electron chi connectivity index (χ4n) is 4.11. The van der Waals surface area contributed by atoms with Gasteiger partial charge in [-0.15, -0.1) is 0 Å². The van der Waals surface area contributed by atoms with Gasteiger partial charge in [-0.2, -0.15) is 0 Å². The maximum absolute atomic E-state index is 13.2. The third-order valence-corrected chi connectivity index (χ3v) is 5.78. The summed E-state index contributed by atoms with van der Waals surface area (Å²) in [7, 11) is 1.53. The normalized spacial score (nSPS) is 18.2. The molecule has 0 spiro atoms. The summed E-state index contributed by atoms with van der Waals surface area (Å²) >= 11 is 0. The third-order valence-electron chi connectivity index (χ3n) is 5.78. The van der Waals surface area contributed by atoms with Gasteiger partial charge in [0.2, 0.25) is 0 Å². The molecule has 2 amide bonds. The van der Waals surface area contributed by atoms with Gasteiger partial charge in [0.15, 0.2) is 5.60 Å². The maximum Gasteiger partial charge on any atom is 0.257 e. The first-order valence-corrected chi connectivity index (χ1v) is 10.5. The van der Waals surface area contributed by atoms with E-state index in [1.165, 1.54) is 7.11 Å². The van der Waals surface area contributed by atoms with Crippen LogP contribution in [0.2, 0.25) is 0 Å². The molecule has 0 saturated carbocycles. The molecule has 0 bridgehead atoms. The lowest BCUT2D eigenvalue weighted by Gasteiger charge is -2.41. The Bertz CT molecular complexity index is 1120. The Morgan fingerprint density at radius 3 is 2.47 bits per heavy atom. The molecule has 32 heavy (non-hydrogen) atoms. The number of carbonyl (C=O) groups is 2. The molecule has 1 heterocycles. The third kappa shape index (κ3) is 4.36. The van der Waals surface area contributed by atoms with Gasteiger partial charge in [0.05, 0.1) is 25.8 Å². The summed E-state index contributed by atoms with van der Waals surface area (Å²) < 4.78 is 11.3. The molecule has 164 valence electrons. The van der Waals surface area contributed by atoms with Gasteiger partial charge in [-0.25, -0.2) is 0 Å². The van der Waals surface area contributed by atoms with Gasteiger partial charge >= 0.3 is 0 Å². The van der Waals surface area contributed by atoms with Gasteiger partial charge in [-0.1, -0.05) is 66.7 Å². The van der Waals surface area contributed by atoms with Gasteiger partial charge < -0.3 is 20.1 Å². The molecule has 4 rings (SSSR count). The minimum absolute atomic E-state index is 0.0782. The molecule has 1 aliphatic heterocycles. The Hall–Kier alpha value is -3.64. The first-order valence-electron chi connectivity index (χ1n) is 10.5. The highest BCUT2D eigenvalue weighted by Gasteiger charge is 2.44. The molecule has 0 radical (unpaired) electrons. The van der Waals surface area contributed by atoms with Crippen molar-refractivity contribution in [1.82, 2.24) is 4.90 Å². The molecule has 3 aromatic carbocycles. The molecule has 0 aromatic heterocycles. The molecule has 1 atom stereocenters. The number of rotatable bonds is 6. The second-order valence-corrected chi connectivity index (χ2v) is 7.88.